The summed E-state index contributed by atoms with van der Waals surface area (Å²) >= 11 is 0. The van der Waals surface area contributed by atoms with Crippen molar-refractivity contribution in [2.75, 3.05) is 6.61 Å². The van der Waals surface area contributed by atoms with Crippen molar-refractivity contribution in [3.05, 3.63) is 0 Å². The van der Waals surface area contributed by atoms with E-state index in [-0.39, 0.29) is 0 Å². The molecule has 0 aliphatic carbocycles. The fourth-order valence-electron chi connectivity index (χ4n) is 0.745. The Kier molecular flexibility index (Phi) is 2.05. The van der Waals surface area contributed by atoms with Crippen LogP contribution in [0.1, 0.15) is 13.3 Å². The van der Waals surface area contributed by atoms with E-state index in [1.807, 2.05) is 6.55 Å². The van der Waals surface area contributed by atoms with E-state index in [1.165, 1.54) is 0 Å². The molecule has 1 aliphatic rings. The summed E-state index contributed by atoms with van der Waals surface area (Å²) in [6.45, 7) is 5.02. The van der Waals surface area contributed by atoms with E-state index in [0.29, 0.717) is 6.10 Å². The van der Waals surface area contributed by atoms with Crippen LogP contribution in [-0.2, 0) is 8.85 Å². The molecule has 2 nitrogen and oxygen atoms in total. The third kappa shape index (κ3) is 1.58. The second kappa shape index (κ2) is 2.62. The van der Waals surface area contributed by atoms with Crippen molar-refractivity contribution in [1.82, 2.24) is 0 Å². The lowest BCUT2D eigenvalue weighted by molar-refractivity contribution is 0.0820. The van der Waals surface area contributed by atoms with Crippen molar-refractivity contribution >= 4 is 9.28 Å². The van der Waals surface area contributed by atoms with E-state index in [2.05, 4.69) is 6.92 Å². The molecule has 0 N–H and O–H groups in total. The highest BCUT2D eigenvalue weighted by Crippen LogP contribution is 2.07. The number of hydrogen-bond acceptors (Lipinski definition) is 2. The van der Waals surface area contributed by atoms with Crippen molar-refractivity contribution in [3.63, 3.8) is 0 Å². The SMILES string of the molecule is CC1CCO[Si](C)O1. The van der Waals surface area contributed by atoms with E-state index >= 15 is 0 Å². The van der Waals surface area contributed by atoms with Crippen LogP contribution in [-0.4, -0.2) is 22.0 Å². The van der Waals surface area contributed by atoms with Crippen LogP contribution in [0.4, 0.5) is 0 Å². The first-order valence-corrected chi connectivity index (χ1v) is 4.73. The van der Waals surface area contributed by atoms with Crippen LogP contribution in [0.5, 0.6) is 0 Å². The van der Waals surface area contributed by atoms with Gasteiger partial charge in [-0.1, -0.05) is 0 Å². The standard InChI is InChI=1S/C5H11O2Si/c1-5-3-4-6-8(2)7-5/h5H,3-4H2,1-2H3. The normalized spacial score (nSPS) is 33.0. The molecule has 3 heteroatoms. The Morgan fingerprint density at radius 1 is 1.62 bits per heavy atom. The van der Waals surface area contributed by atoms with E-state index in [4.69, 9.17) is 8.85 Å². The molecule has 1 unspecified atom stereocenters. The topological polar surface area (TPSA) is 18.5 Å². The molecule has 1 heterocycles. The maximum absolute atomic E-state index is 5.37. The van der Waals surface area contributed by atoms with Gasteiger partial charge in [0, 0.05) is 12.7 Å². The zero-order chi connectivity index (χ0) is 5.98. The molecular weight excluding hydrogens is 120 g/mol. The molecule has 0 aromatic carbocycles. The summed E-state index contributed by atoms with van der Waals surface area (Å²) in [5.74, 6) is 0. The summed E-state index contributed by atoms with van der Waals surface area (Å²) < 4.78 is 10.6. The summed E-state index contributed by atoms with van der Waals surface area (Å²) in [5.41, 5.74) is 0. The second-order valence-electron chi connectivity index (χ2n) is 2.06. The minimum Gasteiger partial charge on any atom is -0.393 e. The quantitative estimate of drug-likeness (QED) is 0.455. The summed E-state index contributed by atoms with van der Waals surface area (Å²) in [4.78, 5) is 0. The lowest BCUT2D eigenvalue weighted by Crippen LogP contribution is -2.31. The third-order valence-electron chi connectivity index (χ3n) is 1.20. The van der Waals surface area contributed by atoms with Gasteiger partial charge in [0.2, 0.25) is 0 Å². The second-order valence-corrected chi connectivity index (χ2v) is 3.56. The van der Waals surface area contributed by atoms with Crippen LogP contribution in [0, 0.1) is 0 Å². The molecule has 0 aromatic heterocycles. The minimum atomic E-state index is -0.842. The van der Waals surface area contributed by atoms with E-state index in [1.54, 1.807) is 0 Å². The summed E-state index contributed by atoms with van der Waals surface area (Å²) in [7, 11) is -0.842. The highest BCUT2D eigenvalue weighted by Gasteiger charge is 2.17. The fraction of sp³-hybridized carbons (Fsp3) is 1.00. The molecule has 0 spiro atoms. The van der Waals surface area contributed by atoms with Crippen LogP contribution in [0.3, 0.4) is 0 Å². The Balaban J connectivity index is 2.23. The van der Waals surface area contributed by atoms with Crippen LogP contribution in [0.2, 0.25) is 6.55 Å². The largest absolute Gasteiger partial charge is 0.393 e. The molecule has 1 atom stereocenters. The molecule has 1 rings (SSSR count). The monoisotopic (exact) mass is 131 g/mol. The van der Waals surface area contributed by atoms with Crippen molar-refractivity contribution in [2.45, 2.75) is 26.0 Å². The molecule has 1 radical (unpaired) electrons. The van der Waals surface area contributed by atoms with Gasteiger partial charge >= 0.3 is 9.28 Å². The summed E-state index contributed by atoms with van der Waals surface area (Å²) in [6.07, 6.45) is 1.49. The van der Waals surface area contributed by atoms with Crippen LogP contribution >= 0.6 is 0 Å². The van der Waals surface area contributed by atoms with E-state index in [9.17, 15) is 0 Å². The molecular formula is C5H11O2Si. The number of rotatable bonds is 0. The van der Waals surface area contributed by atoms with Crippen molar-refractivity contribution in [2.24, 2.45) is 0 Å². The fourth-order valence-corrected chi connectivity index (χ4v) is 1.90. The molecule has 1 fully saturated rings. The Bertz CT molecular complexity index is 68.8. The first-order chi connectivity index (χ1) is 3.79. The Labute approximate surface area is 51.6 Å². The van der Waals surface area contributed by atoms with Crippen molar-refractivity contribution < 1.29 is 8.85 Å². The molecule has 47 valence electrons. The first kappa shape index (κ1) is 6.26. The van der Waals surface area contributed by atoms with Crippen LogP contribution < -0.4 is 0 Å². The van der Waals surface area contributed by atoms with Gasteiger partial charge in [-0.15, -0.1) is 0 Å². The lowest BCUT2D eigenvalue weighted by atomic mass is 10.3. The Morgan fingerprint density at radius 3 is 2.75 bits per heavy atom. The zero-order valence-electron chi connectivity index (χ0n) is 5.31. The van der Waals surface area contributed by atoms with Gasteiger partial charge in [0.25, 0.3) is 0 Å². The zero-order valence-corrected chi connectivity index (χ0v) is 6.31. The smallest absolute Gasteiger partial charge is 0.381 e. The molecule has 0 amide bonds. The maximum atomic E-state index is 5.37. The van der Waals surface area contributed by atoms with Gasteiger partial charge in [0.05, 0.1) is 0 Å². The average molecular weight is 131 g/mol. The van der Waals surface area contributed by atoms with Gasteiger partial charge < -0.3 is 8.85 Å². The van der Waals surface area contributed by atoms with E-state index in [0.717, 1.165) is 13.0 Å². The lowest BCUT2D eigenvalue weighted by Gasteiger charge is -2.22. The van der Waals surface area contributed by atoms with Crippen molar-refractivity contribution in [3.8, 4) is 0 Å². The predicted molar refractivity (Wildman–Crippen MR) is 32.7 cm³/mol. The van der Waals surface area contributed by atoms with Gasteiger partial charge in [-0.05, 0) is 19.9 Å². The van der Waals surface area contributed by atoms with Gasteiger partial charge in [-0.3, -0.25) is 0 Å². The summed E-state index contributed by atoms with van der Waals surface area (Å²) in [6, 6.07) is 0. The van der Waals surface area contributed by atoms with Gasteiger partial charge in [-0.25, -0.2) is 0 Å². The molecule has 0 aromatic rings. The average Bonchev–Trinajstić information content (AvgIpc) is 1.64. The van der Waals surface area contributed by atoms with Crippen LogP contribution in [0.25, 0.3) is 0 Å². The minimum absolute atomic E-state index is 0.433. The maximum Gasteiger partial charge on any atom is 0.381 e. The Morgan fingerprint density at radius 2 is 2.38 bits per heavy atom. The predicted octanol–water partition coefficient (Wildman–Crippen LogP) is 0.930. The van der Waals surface area contributed by atoms with Crippen LogP contribution in [0.15, 0.2) is 0 Å². The van der Waals surface area contributed by atoms with Gasteiger partial charge in [0.1, 0.15) is 0 Å². The molecule has 1 saturated heterocycles. The summed E-state index contributed by atoms with van der Waals surface area (Å²) in [5, 5.41) is 0. The molecule has 1 aliphatic heterocycles. The van der Waals surface area contributed by atoms with Gasteiger partial charge in [-0.2, -0.15) is 0 Å². The number of hydrogen-bond donors (Lipinski definition) is 0. The van der Waals surface area contributed by atoms with E-state index < -0.39 is 9.28 Å². The molecule has 0 bridgehead atoms. The molecule has 0 saturated carbocycles. The molecule has 8 heavy (non-hydrogen) atoms. The van der Waals surface area contributed by atoms with Gasteiger partial charge in [0.15, 0.2) is 0 Å². The Hall–Kier alpha value is 0.137. The third-order valence-corrected chi connectivity index (χ3v) is 2.54. The highest BCUT2D eigenvalue weighted by molar-refractivity contribution is 6.42. The van der Waals surface area contributed by atoms with Crippen molar-refractivity contribution in [1.29, 1.82) is 0 Å². The first-order valence-electron chi connectivity index (χ1n) is 2.92. The highest BCUT2D eigenvalue weighted by atomic mass is 28.3.